The standard InChI is InChI=1S/C21H38N2O2/c1-7-20(21(8-2)25-6)16(4)23(9-3)18-12-10-17(11-13-18)22-14-19(15-22)24-5/h17-19H,4,7-15H2,1-3,5-6H3/b21-20+. The third kappa shape index (κ3) is 4.59. The van der Waals surface area contributed by atoms with Crippen LogP contribution in [0.25, 0.3) is 0 Å². The van der Waals surface area contributed by atoms with Crippen LogP contribution in [-0.4, -0.2) is 61.8 Å². The maximum Gasteiger partial charge on any atom is 0.100 e. The number of rotatable bonds is 9. The summed E-state index contributed by atoms with van der Waals surface area (Å²) in [6, 6.07) is 1.37. The first-order valence-corrected chi connectivity index (χ1v) is 10.1. The van der Waals surface area contributed by atoms with E-state index in [-0.39, 0.29) is 0 Å². The Morgan fingerprint density at radius 1 is 1.04 bits per heavy atom. The zero-order chi connectivity index (χ0) is 18.4. The highest BCUT2D eigenvalue weighted by Gasteiger charge is 2.35. The van der Waals surface area contributed by atoms with Gasteiger partial charge in [0.05, 0.1) is 13.2 Å². The van der Waals surface area contributed by atoms with Gasteiger partial charge in [-0.2, -0.15) is 0 Å². The van der Waals surface area contributed by atoms with Crippen molar-refractivity contribution in [2.45, 2.75) is 77.5 Å². The van der Waals surface area contributed by atoms with Crippen LogP contribution in [0, 0.1) is 0 Å². The molecular weight excluding hydrogens is 312 g/mol. The van der Waals surface area contributed by atoms with Crippen LogP contribution >= 0.6 is 0 Å². The van der Waals surface area contributed by atoms with Gasteiger partial charge in [0.1, 0.15) is 5.76 Å². The minimum atomic E-state index is 0.461. The molecule has 0 aromatic carbocycles. The minimum absolute atomic E-state index is 0.461. The highest BCUT2D eigenvalue weighted by atomic mass is 16.5. The lowest BCUT2D eigenvalue weighted by Crippen LogP contribution is -2.57. The molecule has 0 spiro atoms. The molecule has 144 valence electrons. The zero-order valence-electron chi connectivity index (χ0n) is 17.0. The third-order valence-corrected chi connectivity index (χ3v) is 6.13. The Balaban J connectivity index is 1.95. The molecular formula is C21H38N2O2. The molecule has 0 atom stereocenters. The Hall–Kier alpha value is -1.00. The summed E-state index contributed by atoms with van der Waals surface area (Å²) in [4.78, 5) is 5.13. The summed E-state index contributed by atoms with van der Waals surface area (Å²) in [5.41, 5.74) is 2.47. The zero-order valence-corrected chi connectivity index (χ0v) is 17.0. The molecule has 0 radical (unpaired) electrons. The molecule has 0 amide bonds. The first-order chi connectivity index (χ1) is 12.1. The fraction of sp³-hybridized carbons (Fsp3) is 0.810. The van der Waals surface area contributed by atoms with Crippen LogP contribution in [-0.2, 0) is 9.47 Å². The SMILES string of the molecule is C=C(/C(CC)=C(\CC)OC)N(CC)C1CCC(N2CC(OC)C2)CC1. The second-order valence-electron chi connectivity index (χ2n) is 7.32. The molecule has 4 nitrogen and oxygen atoms in total. The Bertz CT molecular complexity index is 455. The number of allylic oxidation sites excluding steroid dienone is 2. The van der Waals surface area contributed by atoms with Gasteiger partial charge < -0.3 is 14.4 Å². The fourth-order valence-corrected chi connectivity index (χ4v) is 4.54. The predicted octanol–water partition coefficient (Wildman–Crippen LogP) is 4.18. The molecule has 1 saturated carbocycles. The van der Waals surface area contributed by atoms with Gasteiger partial charge in [0, 0.05) is 56.5 Å². The normalized spacial score (nSPS) is 26.0. The van der Waals surface area contributed by atoms with Crippen LogP contribution in [0.2, 0.25) is 0 Å². The molecule has 1 heterocycles. The summed E-state index contributed by atoms with van der Waals surface area (Å²) in [5.74, 6) is 1.09. The van der Waals surface area contributed by atoms with Crippen molar-refractivity contribution in [2.24, 2.45) is 0 Å². The number of likely N-dealkylation sites (tertiary alicyclic amines) is 1. The lowest BCUT2D eigenvalue weighted by molar-refractivity contribution is -0.0603. The maximum absolute atomic E-state index is 5.62. The van der Waals surface area contributed by atoms with Gasteiger partial charge in [-0.3, -0.25) is 4.90 Å². The van der Waals surface area contributed by atoms with E-state index in [1.807, 2.05) is 7.11 Å². The van der Waals surface area contributed by atoms with Crippen molar-refractivity contribution >= 4 is 0 Å². The molecule has 1 aliphatic heterocycles. The van der Waals surface area contributed by atoms with E-state index in [1.54, 1.807) is 7.11 Å². The highest BCUT2D eigenvalue weighted by molar-refractivity contribution is 5.30. The Morgan fingerprint density at radius 3 is 2.12 bits per heavy atom. The van der Waals surface area contributed by atoms with Crippen molar-refractivity contribution in [3.8, 4) is 0 Å². The Kier molecular flexibility index (Phi) is 7.82. The van der Waals surface area contributed by atoms with Gasteiger partial charge >= 0.3 is 0 Å². The van der Waals surface area contributed by atoms with Gasteiger partial charge in [-0.05, 0) is 39.0 Å². The minimum Gasteiger partial charge on any atom is -0.501 e. The average molecular weight is 351 g/mol. The molecule has 0 aromatic rings. The first-order valence-electron chi connectivity index (χ1n) is 10.1. The fourth-order valence-electron chi connectivity index (χ4n) is 4.54. The summed E-state index contributed by atoms with van der Waals surface area (Å²) in [6.45, 7) is 14.3. The van der Waals surface area contributed by atoms with Gasteiger partial charge in [-0.15, -0.1) is 0 Å². The quantitative estimate of drug-likeness (QED) is 0.460. The van der Waals surface area contributed by atoms with Gasteiger partial charge in [0.2, 0.25) is 0 Å². The van der Waals surface area contributed by atoms with E-state index >= 15 is 0 Å². The number of methoxy groups -OCH3 is 2. The number of hydrogen-bond donors (Lipinski definition) is 0. The van der Waals surface area contributed by atoms with E-state index in [1.165, 1.54) is 37.0 Å². The van der Waals surface area contributed by atoms with Crippen LogP contribution in [0.1, 0.15) is 59.3 Å². The van der Waals surface area contributed by atoms with Crippen molar-refractivity contribution < 1.29 is 9.47 Å². The predicted molar refractivity (Wildman–Crippen MR) is 105 cm³/mol. The summed E-state index contributed by atoms with van der Waals surface area (Å²) >= 11 is 0. The average Bonchev–Trinajstić information content (AvgIpc) is 2.60. The van der Waals surface area contributed by atoms with Crippen molar-refractivity contribution in [1.82, 2.24) is 9.80 Å². The number of ether oxygens (including phenoxy) is 2. The van der Waals surface area contributed by atoms with Gasteiger partial charge in [-0.25, -0.2) is 0 Å². The molecule has 2 aliphatic rings. The van der Waals surface area contributed by atoms with Crippen molar-refractivity contribution in [1.29, 1.82) is 0 Å². The Labute approximate surface area is 154 Å². The van der Waals surface area contributed by atoms with Gasteiger partial charge in [0.25, 0.3) is 0 Å². The molecule has 25 heavy (non-hydrogen) atoms. The van der Waals surface area contributed by atoms with Crippen molar-refractivity contribution in [3.05, 3.63) is 23.6 Å². The molecule has 2 rings (SSSR count). The second-order valence-corrected chi connectivity index (χ2v) is 7.32. The topological polar surface area (TPSA) is 24.9 Å². The van der Waals surface area contributed by atoms with E-state index in [9.17, 15) is 0 Å². The Morgan fingerprint density at radius 2 is 1.68 bits per heavy atom. The third-order valence-electron chi connectivity index (χ3n) is 6.13. The molecule has 1 aliphatic carbocycles. The lowest BCUT2D eigenvalue weighted by atomic mass is 9.87. The molecule has 4 heteroatoms. The summed E-state index contributed by atoms with van der Waals surface area (Å²) in [7, 11) is 3.61. The number of hydrogen-bond acceptors (Lipinski definition) is 4. The van der Waals surface area contributed by atoms with E-state index in [0.29, 0.717) is 12.1 Å². The van der Waals surface area contributed by atoms with Crippen LogP contribution in [0.5, 0.6) is 0 Å². The largest absolute Gasteiger partial charge is 0.501 e. The first kappa shape index (κ1) is 20.3. The molecule has 2 fully saturated rings. The smallest absolute Gasteiger partial charge is 0.100 e. The lowest BCUT2D eigenvalue weighted by Gasteiger charge is -2.47. The van der Waals surface area contributed by atoms with E-state index < -0.39 is 0 Å². The van der Waals surface area contributed by atoms with Crippen LogP contribution in [0.4, 0.5) is 0 Å². The van der Waals surface area contributed by atoms with Gasteiger partial charge in [-0.1, -0.05) is 20.4 Å². The van der Waals surface area contributed by atoms with Crippen molar-refractivity contribution in [2.75, 3.05) is 33.9 Å². The maximum atomic E-state index is 5.62. The molecule has 1 saturated heterocycles. The highest BCUT2D eigenvalue weighted by Crippen LogP contribution is 2.33. The molecule has 0 unspecified atom stereocenters. The summed E-state index contributed by atoms with van der Waals surface area (Å²) in [5, 5.41) is 0. The van der Waals surface area contributed by atoms with Crippen molar-refractivity contribution in [3.63, 3.8) is 0 Å². The number of nitrogens with zero attached hydrogens (tertiary/aromatic N) is 2. The molecule has 0 N–H and O–H groups in total. The van der Waals surface area contributed by atoms with E-state index in [0.717, 1.165) is 44.3 Å². The molecule has 0 aromatic heterocycles. The van der Waals surface area contributed by atoms with Crippen LogP contribution in [0.15, 0.2) is 23.6 Å². The summed E-state index contributed by atoms with van der Waals surface area (Å²) in [6.07, 6.45) is 7.48. The van der Waals surface area contributed by atoms with Crippen LogP contribution < -0.4 is 0 Å². The van der Waals surface area contributed by atoms with E-state index in [4.69, 9.17) is 9.47 Å². The number of likely N-dealkylation sites (N-methyl/N-ethyl adjacent to an activating group) is 1. The second kappa shape index (κ2) is 9.63. The van der Waals surface area contributed by atoms with Crippen LogP contribution in [0.3, 0.4) is 0 Å². The molecule has 0 bridgehead atoms. The monoisotopic (exact) mass is 350 g/mol. The van der Waals surface area contributed by atoms with Gasteiger partial charge in [0.15, 0.2) is 0 Å². The summed E-state index contributed by atoms with van der Waals surface area (Å²) < 4.78 is 11.0. The van der Waals surface area contributed by atoms with E-state index in [2.05, 4.69) is 37.1 Å².